The van der Waals surface area contributed by atoms with Gasteiger partial charge in [0.05, 0.1) is 12.0 Å². The van der Waals surface area contributed by atoms with Crippen molar-refractivity contribution < 1.29 is 14.5 Å². The Hall–Kier alpha value is -2.93. The molecule has 1 heterocycles. The molecule has 3 rings (SSSR count). The van der Waals surface area contributed by atoms with E-state index in [1.807, 2.05) is 24.3 Å². The van der Waals surface area contributed by atoms with Gasteiger partial charge < -0.3 is 9.64 Å². The Kier molecular flexibility index (Phi) is 5.48. The first-order valence-corrected chi connectivity index (χ1v) is 8.46. The highest BCUT2D eigenvalue weighted by Crippen LogP contribution is 2.21. The molecule has 1 aliphatic heterocycles. The lowest BCUT2D eigenvalue weighted by molar-refractivity contribution is -0.385. The summed E-state index contributed by atoms with van der Waals surface area (Å²) in [5.74, 6) is 0.547. The number of para-hydroxylation sites is 1. The van der Waals surface area contributed by atoms with Gasteiger partial charge >= 0.3 is 0 Å². The van der Waals surface area contributed by atoms with Crippen LogP contribution >= 0.6 is 0 Å². The van der Waals surface area contributed by atoms with Gasteiger partial charge in [-0.1, -0.05) is 24.3 Å². The maximum absolute atomic E-state index is 12.7. The lowest BCUT2D eigenvalue weighted by atomic mass is 10.1. The van der Waals surface area contributed by atoms with Crippen LogP contribution in [0.4, 0.5) is 5.69 Å². The van der Waals surface area contributed by atoms with Crippen LogP contribution in [0.5, 0.6) is 5.75 Å². The Morgan fingerprint density at radius 3 is 2.54 bits per heavy atom. The van der Waals surface area contributed by atoms with Crippen molar-refractivity contribution in [2.75, 3.05) is 33.3 Å². The number of nitrogens with zero attached hydrogens (tertiary/aromatic N) is 3. The van der Waals surface area contributed by atoms with E-state index in [9.17, 15) is 14.9 Å². The molecule has 0 atom stereocenters. The summed E-state index contributed by atoms with van der Waals surface area (Å²) in [7, 11) is 1.65. The molecule has 2 aromatic carbocycles. The predicted molar refractivity (Wildman–Crippen MR) is 97.3 cm³/mol. The fourth-order valence-corrected chi connectivity index (χ4v) is 3.12. The number of nitro groups is 1. The molecule has 0 aliphatic carbocycles. The molecule has 1 saturated heterocycles. The third-order valence-electron chi connectivity index (χ3n) is 4.53. The monoisotopic (exact) mass is 355 g/mol. The normalized spacial score (nSPS) is 14.9. The van der Waals surface area contributed by atoms with Gasteiger partial charge in [0.1, 0.15) is 11.3 Å². The molecule has 1 amide bonds. The lowest BCUT2D eigenvalue weighted by Crippen LogP contribution is -2.48. The second-order valence-electron chi connectivity index (χ2n) is 6.19. The van der Waals surface area contributed by atoms with Crippen LogP contribution in [0.3, 0.4) is 0 Å². The lowest BCUT2D eigenvalue weighted by Gasteiger charge is -2.34. The van der Waals surface area contributed by atoms with Gasteiger partial charge in [0.25, 0.3) is 11.6 Å². The Bertz CT molecular complexity index is 801. The van der Waals surface area contributed by atoms with E-state index in [1.165, 1.54) is 12.1 Å². The molecule has 26 heavy (non-hydrogen) atoms. The van der Waals surface area contributed by atoms with Gasteiger partial charge in [0, 0.05) is 38.8 Å². The summed E-state index contributed by atoms with van der Waals surface area (Å²) in [6.45, 7) is 3.33. The van der Waals surface area contributed by atoms with Gasteiger partial charge in [-0.2, -0.15) is 0 Å². The summed E-state index contributed by atoms with van der Waals surface area (Å²) in [4.78, 5) is 27.2. The van der Waals surface area contributed by atoms with Crippen molar-refractivity contribution in [3.63, 3.8) is 0 Å². The standard InChI is InChI=1S/C19H21N3O4/c1-26-16-6-4-5-15(13-16)14-20-9-11-21(12-10-20)19(23)17-7-2-3-8-18(17)22(24)25/h2-8,13H,9-12,14H2,1H3. The zero-order chi connectivity index (χ0) is 18.5. The molecule has 7 nitrogen and oxygen atoms in total. The van der Waals surface area contributed by atoms with Crippen LogP contribution < -0.4 is 4.74 Å². The van der Waals surface area contributed by atoms with Crippen LogP contribution in [-0.2, 0) is 6.54 Å². The van der Waals surface area contributed by atoms with Crippen molar-refractivity contribution >= 4 is 11.6 Å². The molecule has 0 saturated carbocycles. The smallest absolute Gasteiger partial charge is 0.282 e. The van der Waals surface area contributed by atoms with Crippen molar-refractivity contribution in [1.29, 1.82) is 0 Å². The van der Waals surface area contributed by atoms with E-state index in [4.69, 9.17) is 4.74 Å². The molecule has 1 fully saturated rings. The van der Waals surface area contributed by atoms with E-state index < -0.39 is 4.92 Å². The minimum Gasteiger partial charge on any atom is -0.497 e. The molecule has 0 spiro atoms. The number of hydrogen-bond donors (Lipinski definition) is 0. The van der Waals surface area contributed by atoms with Crippen LogP contribution in [-0.4, -0.2) is 53.9 Å². The molecule has 0 bridgehead atoms. The van der Waals surface area contributed by atoms with E-state index in [0.29, 0.717) is 13.1 Å². The number of piperazine rings is 1. The molecule has 0 unspecified atom stereocenters. The Balaban J connectivity index is 1.61. The Morgan fingerprint density at radius 1 is 1.12 bits per heavy atom. The second kappa shape index (κ2) is 7.97. The van der Waals surface area contributed by atoms with Crippen LogP contribution in [0.1, 0.15) is 15.9 Å². The van der Waals surface area contributed by atoms with Crippen LogP contribution in [0, 0.1) is 10.1 Å². The maximum Gasteiger partial charge on any atom is 0.282 e. The summed E-state index contributed by atoms with van der Waals surface area (Å²) >= 11 is 0. The molecule has 2 aromatic rings. The number of benzene rings is 2. The highest BCUT2D eigenvalue weighted by atomic mass is 16.6. The van der Waals surface area contributed by atoms with Gasteiger partial charge in [-0.05, 0) is 23.8 Å². The maximum atomic E-state index is 12.7. The van der Waals surface area contributed by atoms with Gasteiger partial charge in [0.15, 0.2) is 0 Å². The number of ether oxygens (including phenoxy) is 1. The summed E-state index contributed by atoms with van der Waals surface area (Å²) in [5, 5.41) is 11.1. The van der Waals surface area contributed by atoms with Gasteiger partial charge in [-0.15, -0.1) is 0 Å². The quantitative estimate of drug-likeness (QED) is 0.609. The SMILES string of the molecule is COc1cccc(CN2CCN(C(=O)c3ccccc3[N+](=O)[O-])CC2)c1. The van der Waals surface area contributed by atoms with E-state index in [-0.39, 0.29) is 17.2 Å². The first kappa shape index (κ1) is 17.9. The number of nitro benzene ring substituents is 1. The Labute approximate surface area is 151 Å². The van der Waals surface area contributed by atoms with Crippen molar-refractivity contribution in [3.8, 4) is 5.75 Å². The average molecular weight is 355 g/mol. The molecule has 136 valence electrons. The van der Waals surface area contributed by atoms with E-state index >= 15 is 0 Å². The second-order valence-corrected chi connectivity index (χ2v) is 6.19. The van der Waals surface area contributed by atoms with E-state index in [2.05, 4.69) is 4.90 Å². The highest BCUT2D eigenvalue weighted by Gasteiger charge is 2.27. The molecule has 0 N–H and O–H groups in total. The first-order chi connectivity index (χ1) is 12.6. The summed E-state index contributed by atoms with van der Waals surface area (Å²) in [6, 6.07) is 14.0. The number of amides is 1. The van der Waals surface area contributed by atoms with E-state index in [1.54, 1.807) is 24.1 Å². The van der Waals surface area contributed by atoms with Gasteiger partial charge in [0.2, 0.25) is 0 Å². The molecule has 0 radical (unpaired) electrons. The largest absolute Gasteiger partial charge is 0.497 e. The molecular formula is C19H21N3O4. The summed E-state index contributed by atoms with van der Waals surface area (Å²) in [6.07, 6.45) is 0. The topological polar surface area (TPSA) is 75.9 Å². The minimum absolute atomic E-state index is 0.142. The van der Waals surface area contributed by atoms with Crippen molar-refractivity contribution in [2.24, 2.45) is 0 Å². The van der Waals surface area contributed by atoms with Crippen molar-refractivity contribution in [3.05, 3.63) is 69.8 Å². The third kappa shape index (κ3) is 4.00. The van der Waals surface area contributed by atoms with Crippen molar-refractivity contribution in [2.45, 2.75) is 6.54 Å². The summed E-state index contributed by atoms with van der Waals surface area (Å²) < 4.78 is 5.25. The zero-order valence-corrected chi connectivity index (χ0v) is 14.6. The fourth-order valence-electron chi connectivity index (χ4n) is 3.12. The molecule has 1 aliphatic rings. The summed E-state index contributed by atoms with van der Waals surface area (Å²) in [5.41, 5.74) is 1.16. The van der Waals surface area contributed by atoms with Gasteiger partial charge in [-0.3, -0.25) is 19.8 Å². The average Bonchev–Trinajstić information content (AvgIpc) is 2.68. The highest BCUT2D eigenvalue weighted by molar-refractivity contribution is 5.98. The number of carbonyl (C=O) groups is 1. The predicted octanol–water partition coefficient (Wildman–Crippen LogP) is 2.56. The van der Waals surface area contributed by atoms with Crippen LogP contribution in [0.15, 0.2) is 48.5 Å². The van der Waals surface area contributed by atoms with Crippen LogP contribution in [0.2, 0.25) is 0 Å². The van der Waals surface area contributed by atoms with Crippen LogP contribution in [0.25, 0.3) is 0 Å². The Morgan fingerprint density at radius 2 is 1.85 bits per heavy atom. The molecular weight excluding hydrogens is 334 g/mol. The number of methoxy groups -OCH3 is 1. The zero-order valence-electron chi connectivity index (χ0n) is 14.6. The third-order valence-corrected chi connectivity index (χ3v) is 4.53. The van der Waals surface area contributed by atoms with Crippen molar-refractivity contribution in [1.82, 2.24) is 9.80 Å². The minimum atomic E-state index is -0.508. The molecule has 7 heteroatoms. The number of carbonyl (C=O) groups excluding carboxylic acids is 1. The van der Waals surface area contributed by atoms with Gasteiger partial charge in [-0.25, -0.2) is 0 Å². The first-order valence-electron chi connectivity index (χ1n) is 8.46. The number of rotatable bonds is 5. The molecule has 0 aromatic heterocycles. The fraction of sp³-hybridized carbons (Fsp3) is 0.316. The van der Waals surface area contributed by atoms with E-state index in [0.717, 1.165) is 30.9 Å². The number of hydrogen-bond acceptors (Lipinski definition) is 5.